The molecule has 0 saturated carbocycles. The Kier molecular flexibility index (Phi) is 6.31. The lowest BCUT2D eigenvalue weighted by atomic mass is 10.1. The first-order valence-corrected chi connectivity index (χ1v) is 10.1. The smallest absolute Gasteiger partial charge is 0.139 e. The number of fused-ring (bicyclic) bond motifs is 1. The van der Waals surface area contributed by atoms with Gasteiger partial charge in [-0.05, 0) is 53.3 Å². The number of aryl methyl sites for hydroxylation is 1. The van der Waals surface area contributed by atoms with E-state index in [1.165, 1.54) is 5.56 Å². The minimum atomic E-state index is 0.233. The summed E-state index contributed by atoms with van der Waals surface area (Å²) >= 11 is 0. The largest absolute Gasteiger partial charge is 0.396 e. The van der Waals surface area contributed by atoms with Crippen molar-refractivity contribution in [2.24, 2.45) is 0 Å². The van der Waals surface area contributed by atoms with E-state index in [4.69, 9.17) is 4.63 Å². The first kappa shape index (κ1) is 19.1. The standard InChI is InChI=1S/C22H28N4O2/c27-15-11-20-17-25(16-19-9-4-10-21-22(19)24-28-23-21)13-14-26(20)12-5-8-18-6-2-1-3-7-18/h1-4,6-7,9-10,20,27H,5,8,11-17H2/t20-/m1/s1. The Balaban J connectivity index is 1.34. The minimum Gasteiger partial charge on any atom is -0.396 e. The van der Waals surface area contributed by atoms with Crippen molar-refractivity contribution in [2.45, 2.75) is 31.8 Å². The second kappa shape index (κ2) is 9.28. The molecule has 1 atom stereocenters. The van der Waals surface area contributed by atoms with Crippen molar-refractivity contribution in [2.75, 3.05) is 32.8 Å². The number of aliphatic hydroxyl groups excluding tert-OH is 1. The van der Waals surface area contributed by atoms with Gasteiger partial charge in [-0.25, -0.2) is 4.63 Å². The molecule has 6 heteroatoms. The van der Waals surface area contributed by atoms with Crippen LogP contribution in [0.25, 0.3) is 11.0 Å². The van der Waals surface area contributed by atoms with Gasteiger partial charge in [-0.15, -0.1) is 0 Å². The predicted molar refractivity (Wildman–Crippen MR) is 109 cm³/mol. The maximum absolute atomic E-state index is 9.55. The van der Waals surface area contributed by atoms with Gasteiger partial charge >= 0.3 is 0 Å². The quantitative estimate of drug-likeness (QED) is 0.648. The van der Waals surface area contributed by atoms with Gasteiger partial charge < -0.3 is 5.11 Å². The molecule has 1 aliphatic heterocycles. The first-order valence-electron chi connectivity index (χ1n) is 10.1. The number of aromatic nitrogens is 2. The van der Waals surface area contributed by atoms with Gasteiger partial charge in [0.25, 0.3) is 0 Å². The van der Waals surface area contributed by atoms with Crippen LogP contribution in [0.2, 0.25) is 0 Å². The van der Waals surface area contributed by atoms with Gasteiger partial charge in [-0.3, -0.25) is 9.80 Å². The first-order chi connectivity index (χ1) is 13.8. The summed E-state index contributed by atoms with van der Waals surface area (Å²) in [6, 6.07) is 17.1. The van der Waals surface area contributed by atoms with Crippen LogP contribution in [0, 0.1) is 0 Å². The van der Waals surface area contributed by atoms with Gasteiger partial charge in [0.2, 0.25) is 0 Å². The summed E-state index contributed by atoms with van der Waals surface area (Å²) in [5, 5.41) is 17.6. The number of hydrogen-bond donors (Lipinski definition) is 1. The van der Waals surface area contributed by atoms with Crippen LogP contribution >= 0.6 is 0 Å². The maximum atomic E-state index is 9.55. The van der Waals surface area contributed by atoms with Crippen LogP contribution in [0.5, 0.6) is 0 Å². The van der Waals surface area contributed by atoms with Gasteiger partial charge in [0.1, 0.15) is 11.0 Å². The lowest BCUT2D eigenvalue weighted by Gasteiger charge is -2.41. The Labute approximate surface area is 165 Å². The number of benzene rings is 2. The third-order valence-electron chi connectivity index (χ3n) is 5.67. The normalized spacial score (nSPS) is 18.7. The molecule has 1 N–H and O–H groups in total. The Hall–Kier alpha value is -2.28. The molecule has 1 fully saturated rings. The molecule has 4 rings (SSSR count). The minimum absolute atomic E-state index is 0.233. The fourth-order valence-corrected chi connectivity index (χ4v) is 4.18. The highest BCUT2D eigenvalue weighted by atomic mass is 16.6. The Morgan fingerprint density at radius 3 is 2.79 bits per heavy atom. The molecule has 0 amide bonds. The van der Waals surface area contributed by atoms with E-state index in [0.717, 1.165) is 68.6 Å². The highest BCUT2D eigenvalue weighted by molar-refractivity contribution is 5.76. The van der Waals surface area contributed by atoms with Crippen LogP contribution in [0.4, 0.5) is 0 Å². The van der Waals surface area contributed by atoms with Crippen LogP contribution in [-0.4, -0.2) is 64.0 Å². The zero-order valence-corrected chi connectivity index (χ0v) is 16.2. The molecule has 28 heavy (non-hydrogen) atoms. The van der Waals surface area contributed by atoms with Crippen LogP contribution in [0.1, 0.15) is 24.0 Å². The average molecular weight is 380 g/mol. The summed E-state index contributed by atoms with van der Waals surface area (Å²) in [5.41, 5.74) is 4.21. The van der Waals surface area contributed by atoms with Crippen LogP contribution in [0.15, 0.2) is 53.2 Å². The van der Waals surface area contributed by atoms with Crippen molar-refractivity contribution in [1.29, 1.82) is 0 Å². The van der Waals surface area contributed by atoms with Crippen molar-refractivity contribution in [3.63, 3.8) is 0 Å². The van der Waals surface area contributed by atoms with E-state index in [0.29, 0.717) is 6.04 Å². The van der Waals surface area contributed by atoms with Crippen LogP contribution < -0.4 is 0 Å². The highest BCUT2D eigenvalue weighted by Crippen LogP contribution is 2.20. The molecule has 1 saturated heterocycles. The molecule has 0 spiro atoms. The Morgan fingerprint density at radius 2 is 1.93 bits per heavy atom. The SMILES string of the molecule is OCC[C@@H]1CN(Cc2cccc3nonc23)CCN1CCCc1ccccc1. The van der Waals surface area contributed by atoms with E-state index in [1.807, 2.05) is 12.1 Å². The van der Waals surface area contributed by atoms with E-state index in [9.17, 15) is 5.11 Å². The monoisotopic (exact) mass is 380 g/mol. The maximum Gasteiger partial charge on any atom is 0.139 e. The second-order valence-electron chi connectivity index (χ2n) is 7.58. The molecule has 0 bridgehead atoms. The molecule has 3 aromatic rings. The van der Waals surface area contributed by atoms with Gasteiger partial charge in [0.15, 0.2) is 0 Å². The lowest BCUT2D eigenvalue weighted by molar-refractivity contribution is 0.0548. The molecule has 1 aromatic heterocycles. The van der Waals surface area contributed by atoms with E-state index >= 15 is 0 Å². The topological polar surface area (TPSA) is 65.6 Å². The molecule has 6 nitrogen and oxygen atoms in total. The van der Waals surface area contributed by atoms with Gasteiger partial charge in [0.05, 0.1) is 0 Å². The van der Waals surface area contributed by atoms with Gasteiger partial charge in [0, 0.05) is 38.8 Å². The second-order valence-corrected chi connectivity index (χ2v) is 7.58. The van der Waals surface area contributed by atoms with Crippen molar-refractivity contribution in [1.82, 2.24) is 20.1 Å². The molecule has 0 radical (unpaired) electrons. The molecule has 1 aliphatic rings. The molecule has 0 unspecified atom stereocenters. The zero-order chi connectivity index (χ0) is 19.2. The number of aliphatic hydroxyl groups is 1. The molecular formula is C22H28N4O2. The summed E-state index contributed by atoms with van der Waals surface area (Å²) in [5.74, 6) is 0. The van der Waals surface area contributed by atoms with E-state index in [1.54, 1.807) is 0 Å². The van der Waals surface area contributed by atoms with E-state index in [-0.39, 0.29) is 6.61 Å². The summed E-state index contributed by atoms with van der Waals surface area (Å²) in [6.45, 7) is 5.17. The van der Waals surface area contributed by atoms with Crippen molar-refractivity contribution < 1.29 is 9.74 Å². The van der Waals surface area contributed by atoms with E-state index in [2.05, 4.69) is 56.5 Å². The lowest BCUT2D eigenvalue weighted by Crippen LogP contribution is -2.53. The summed E-state index contributed by atoms with van der Waals surface area (Å²) < 4.78 is 4.89. The molecule has 0 aliphatic carbocycles. The average Bonchev–Trinajstić information content (AvgIpc) is 3.21. The highest BCUT2D eigenvalue weighted by Gasteiger charge is 2.26. The fraction of sp³-hybridized carbons (Fsp3) is 0.455. The van der Waals surface area contributed by atoms with Crippen LogP contribution in [0.3, 0.4) is 0 Å². The van der Waals surface area contributed by atoms with E-state index < -0.39 is 0 Å². The van der Waals surface area contributed by atoms with Gasteiger partial charge in [-0.2, -0.15) is 0 Å². The molecular weight excluding hydrogens is 352 g/mol. The molecule has 2 heterocycles. The van der Waals surface area contributed by atoms with Crippen LogP contribution in [-0.2, 0) is 13.0 Å². The Morgan fingerprint density at radius 1 is 1.04 bits per heavy atom. The molecule has 148 valence electrons. The summed E-state index contributed by atoms with van der Waals surface area (Å²) in [7, 11) is 0. The number of nitrogens with zero attached hydrogens (tertiary/aromatic N) is 4. The fourth-order valence-electron chi connectivity index (χ4n) is 4.18. The predicted octanol–water partition coefficient (Wildman–Crippen LogP) is 2.72. The van der Waals surface area contributed by atoms with Crippen molar-refractivity contribution in [3.05, 3.63) is 59.7 Å². The Bertz CT molecular complexity index is 867. The van der Waals surface area contributed by atoms with Gasteiger partial charge in [-0.1, -0.05) is 42.5 Å². The third kappa shape index (κ3) is 4.58. The number of hydrogen-bond acceptors (Lipinski definition) is 6. The molecule has 2 aromatic carbocycles. The summed E-state index contributed by atoms with van der Waals surface area (Å²) in [6.07, 6.45) is 3.07. The number of piperazine rings is 1. The third-order valence-corrected chi connectivity index (χ3v) is 5.67. The van der Waals surface area contributed by atoms with Crippen molar-refractivity contribution >= 4 is 11.0 Å². The van der Waals surface area contributed by atoms with Crippen molar-refractivity contribution in [3.8, 4) is 0 Å². The number of rotatable bonds is 8. The summed E-state index contributed by atoms with van der Waals surface area (Å²) in [4.78, 5) is 5.01. The zero-order valence-electron chi connectivity index (χ0n) is 16.2.